The number of nitrogens with one attached hydrogen (secondary N) is 2. The van der Waals surface area contributed by atoms with Crippen molar-refractivity contribution in [2.45, 2.75) is 13.3 Å². The monoisotopic (exact) mass is 288 g/mol. The van der Waals surface area contributed by atoms with Crippen molar-refractivity contribution < 1.29 is 4.39 Å². The van der Waals surface area contributed by atoms with E-state index >= 15 is 0 Å². The molecule has 0 atom stereocenters. The first kappa shape index (κ1) is 12.9. The molecule has 0 saturated carbocycles. The molecule has 16 heavy (non-hydrogen) atoms. The number of hydrazine groups is 1. The third-order valence-corrected chi connectivity index (χ3v) is 2.31. The third-order valence-electron chi connectivity index (χ3n) is 1.81. The van der Waals surface area contributed by atoms with E-state index in [4.69, 9.17) is 5.84 Å². The Bertz CT molecular complexity index is 381. The highest BCUT2D eigenvalue weighted by Gasteiger charge is 2.04. The van der Waals surface area contributed by atoms with Gasteiger partial charge in [-0.2, -0.15) is 0 Å². The summed E-state index contributed by atoms with van der Waals surface area (Å²) in [6.07, 6.45) is 0.898. The second-order valence-electron chi connectivity index (χ2n) is 3.12. The SMILES string of the molecule is CCCN=C(NN)Nc1ccc(Br)cc1F. The van der Waals surface area contributed by atoms with Crippen molar-refractivity contribution in [2.75, 3.05) is 11.9 Å². The van der Waals surface area contributed by atoms with E-state index in [-0.39, 0.29) is 5.82 Å². The zero-order valence-electron chi connectivity index (χ0n) is 8.93. The van der Waals surface area contributed by atoms with Gasteiger partial charge in [0, 0.05) is 11.0 Å². The molecular weight excluding hydrogens is 275 g/mol. The molecule has 88 valence electrons. The fraction of sp³-hybridized carbons (Fsp3) is 0.300. The summed E-state index contributed by atoms with van der Waals surface area (Å²) in [5.74, 6) is 5.25. The van der Waals surface area contributed by atoms with Crippen molar-refractivity contribution >= 4 is 27.6 Å². The van der Waals surface area contributed by atoms with Crippen molar-refractivity contribution in [3.05, 3.63) is 28.5 Å². The largest absolute Gasteiger partial charge is 0.323 e. The molecule has 0 saturated heterocycles. The van der Waals surface area contributed by atoms with Gasteiger partial charge in [0.15, 0.2) is 0 Å². The van der Waals surface area contributed by atoms with Crippen molar-refractivity contribution in [1.82, 2.24) is 5.43 Å². The van der Waals surface area contributed by atoms with Crippen LogP contribution in [0.1, 0.15) is 13.3 Å². The molecule has 0 amide bonds. The summed E-state index contributed by atoms with van der Waals surface area (Å²) < 4.78 is 14.1. The first-order valence-corrected chi connectivity index (χ1v) is 5.69. The van der Waals surface area contributed by atoms with E-state index in [9.17, 15) is 4.39 Å². The van der Waals surface area contributed by atoms with E-state index in [0.29, 0.717) is 22.7 Å². The summed E-state index contributed by atoms with van der Waals surface area (Å²) in [4.78, 5) is 4.11. The topological polar surface area (TPSA) is 62.4 Å². The molecule has 0 aliphatic carbocycles. The van der Waals surface area contributed by atoms with Crippen LogP contribution in [-0.2, 0) is 0 Å². The summed E-state index contributed by atoms with van der Waals surface area (Å²) in [7, 11) is 0. The number of guanidine groups is 1. The van der Waals surface area contributed by atoms with Gasteiger partial charge < -0.3 is 5.32 Å². The lowest BCUT2D eigenvalue weighted by molar-refractivity contribution is 0.631. The Labute approximate surface area is 102 Å². The van der Waals surface area contributed by atoms with Crippen LogP contribution in [0.3, 0.4) is 0 Å². The molecule has 0 aromatic heterocycles. The van der Waals surface area contributed by atoms with Gasteiger partial charge in [-0.3, -0.25) is 10.4 Å². The standard InChI is InChI=1S/C10H14BrFN4/c1-2-5-14-10(16-13)15-9-4-3-7(11)6-8(9)12/h3-4,6H,2,5,13H2,1H3,(H2,14,15,16). The van der Waals surface area contributed by atoms with E-state index in [1.807, 2.05) is 6.92 Å². The minimum absolute atomic E-state index is 0.330. The Balaban J connectivity index is 2.78. The summed E-state index contributed by atoms with van der Waals surface area (Å²) in [6, 6.07) is 4.72. The maximum Gasteiger partial charge on any atom is 0.210 e. The molecule has 1 aromatic rings. The Morgan fingerprint density at radius 1 is 1.56 bits per heavy atom. The lowest BCUT2D eigenvalue weighted by Gasteiger charge is -2.09. The molecule has 1 rings (SSSR count). The number of anilines is 1. The second kappa shape index (κ2) is 6.44. The van der Waals surface area contributed by atoms with Crippen molar-refractivity contribution in [3.63, 3.8) is 0 Å². The molecule has 0 bridgehead atoms. The summed E-state index contributed by atoms with van der Waals surface area (Å²) in [5, 5.41) is 2.78. The van der Waals surface area contributed by atoms with Crippen molar-refractivity contribution in [3.8, 4) is 0 Å². The number of nitrogens with zero attached hydrogens (tertiary/aromatic N) is 1. The zero-order chi connectivity index (χ0) is 12.0. The average Bonchev–Trinajstić information content (AvgIpc) is 2.27. The van der Waals surface area contributed by atoms with Gasteiger partial charge in [0.1, 0.15) is 5.82 Å². The highest BCUT2D eigenvalue weighted by molar-refractivity contribution is 9.10. The highest BCUT2D eigenvalue weighted by Crippen LogP contribution is 2.18. The summed E-state index contributed by atoms with van der Waals surface area (Å²) in [6.45, 7) is 2.63. The third kappa shape index (κ3) is 3.79. The van der Waals surface area contributed by atoms with Crippen LogP contribution in [0, 0.1) is 5.82 Å². The number of benzene rings is 1. The van der Waals surface area contributed by atoms with E-state index in [2.05, 4.69) is 31.7 Å². The molecule has 0 unspecified atom stereocenters. The normalized spacial score (nSPS) is 11.4. The van der Waals surface area contributed by atoms with Crippen LogP contribution in [0.4, 0.5) is 10.1 Å². The molecule has 1 aromatic carbocycles. The molecule has 4 nitrogen and oxygen atoms in total. The van der Waals surface area contributed by atoms with Gasteiger partial charge in [-0.15, -0.1) is 0 Å². The van der Waals surface area contributed by atoms with E-state index in [1.165, 1.54) is 6.07 Å². The molecule has 0 heterocycles. The molecule has 0 aliphatic heterocycles. The van der Waals surface area contributed by atoms with Gasteiger partial charge >= 0.3 is 0 Å². The number of halogens is 2. The molecule has 0 radical (unpaired) electrons. The van der Waals surface area contributed by atoms with Gasteiger partial charge in [-0.05, 0) is 24.6 Å². The van der Waals surface area contributed by atoms with Crippen LogP contribution in [0.15, 0.2) is 27.7 Å². The highest BCUT2D eigenvalue weighted by atomic mass is 79.9. The molecule has 0 aliphatic rings. The van der Waals surface area contributed by atoms with Crippen LogP contribution in [0.5, 0.6) is 0 Å². The van der Waals surface area contributed by atoms with Crippen molar-refractivity contribution in [1.29, 1.82) is 0 Å². The van der Waals surface area contributed by atoms with Gasteiger partial charge in [0.05, 0.1) is 5.69 Å². The van der Waals surface area contributed by atoms with Crippen LogP contribution in [0.2, 0.25) is 0 Å². The van der Waals surface area contributed by atoms with Gasteiger partial charge in [0.25, 0.3) is 0 Å². The Morgan fingerprint density at radius 3 is 2.88 bits per heavy atom. The van der Waals surface area contributed by atoms with E-state index < -0.39 is 0 Å². The Hall–Kier alpha value is -1.14. The van der Waals surface area contributed by atoms with Crippen LogP contribution in [-0.4, -0.2) is 12.5 Å². The minimum Gasteiger partial charge on any atom is -0.323 e. The van der Waals surface area contributed by atoms with E-state index in [1.54, 1.807) is 12.1 Å². The zero-order valence-corrected chi connectivity index (χ0v) is 10.5. The van der Waals surface area contributed by atoms with Crippen molar-refractivity contribution in [2.24, 2.45) is 10.8 Å². The lowest BCUT2D eigenvalue weighted by Crippen LogP contribution is -2.36. The van der Waals surface area contributed by atoms with Gasteiger partial charge in [-0.1, -0.05) is 22.9 Å². The number of hydrogen-bond donors (Lipinski definition) is 3. The first-order chi connectivity index (χ1) is 7.67. The lowest BCUT2D eigenvalue weighted by atomic mass is 10.3. The quantitative estimate of drug-likeness (QED) is 0.346. The molecular formula is C10H14BrFN4. The fourth-order valence-electron chi connectivity index (χ4n) is 1.06. The average molecular weight is 289 g/mol. The minimum atomic E-state index is -0.367. The first-order valence-electron chi connectivity index (χ1n) is 4.90. The number of rotatable bonds is 3. The Kier molecular flexibility index (Phi) is 5.21. The Morgan fingerprint density at radius 2 is 2.31 bits per heavy atom. The van der Waals surface area contributed by atoms with E-state index in [0.717, 1.165) is 6.42 Å². The molecule has 6 heteroatoms. The summed E-state index contributed by atoms with van der Waals surface area (Å²) >= 11 is 3.18. The molecule has 4 N–H and O–H groups in total. The smallest absolute Gasteiger partial charge is 0.210 e. The van der Waals surface area contributed by atoms with Gasteiger partial charge in [-0.25, -0.2) is 10.2 Å². The molecule has 0 fully saturated rings. The summed E-state index contributed by atoms with van der Waals surface area (Å²) in [5.41, 5.74) is 2.72. The van der Waals surface area contributed by atoms with Crippen LogP contribution in [0.25, 0.3) is 0 Å². The predicted molar refractivity (Wildman–Crippen MR) is 67.6 cm³/mol. The predicted octanol–water partition coefficient (Wildman–Crippen LogP) is 2.23. The maximum absolute atomic E-state index is 13.5. The number of hydrogen-bond acceptors (Lipinski definition) is 2. The number of nitrogens with two attached hydrogens (primary N) is 1. The second-order valence-corrected chi connectivity index (χ2v) is 4.04. The maximum atomic E-state index is 13.5. The molecule has 0 spiro atoms. The van der Waals surface area contributed by atoms with Crippen LogP contribution >= 0.6 is 15.9 Å². The number of aliphatic imine (C=N–C) groups is 1. The fourth-order valence-corrected chi connectivity index (χ4v) is 1.40. The van der Waals surface area contributed by atoms with Crippen LogP contribution < -0.4 is 16.6 Å². The van der Waals surface area contributed by atoms with Gasteiger partial charge in [0.2, 0.25) is 5.96 Å².